The van der Waals surface area contributed by atoms with E-state index in [0.717, 1.165) is 10.5 Å². The molecule has 0 aliphatic heterocycles. The third-order valence-electron chi connectivity index (χ3n) is 2.15. The zero-order valence-corrected chi connectivity index (χ0v) is 10.1. The highest BCUT2D eigenvalue weighted by Crippen LogP contribution is 2.24. The maximum absolute atomic E-state index is 10.8. The Morgan fingerprint density at radius 2 is 2.06 bits per heavy atom. The first kappa shape index (κ1) is 12.8. The minimum Gasteiger partial charge on any atom is -0.478 e. The van der Waals surface area contributed by atoms with Gasteiger partial charge in [-0.05, 0) is 31.5 Å². The third kappa shape index (κ3) is 3.70. The molecule has 0 saturated heterocycles. The quantitative estimate of drug-likeness (QED) is 0.801. The van der Waals surface area contributed by atoms with Crippen molar-refractivity contribution in [2.75, 3.05) is 5.75 Å². The van der Waals surface area contributed by atoms with Crippen LogP contribution in [0.5, 0.6) is 0 Å². The summed E-state index contributed by atoms with van der Waals surface area (Å²) in [5.41, 5.74) is 1.33. The number of carboxylic acids is 1. The molecule has 4 heteroatoms. The van der Waals surface area contributed by atoms with Crippen molar-refractivity contribution >= 4 is 23.5 Å². The van der Waals surface area contributed by atoms with Crippen molar-refractivity contribution in [3.05, 3.63) is 29.3 Å². The Morgan fingerprint density at radius 1 is 1.38 bits per heavy atom. The van der Waals surface area contributed by atoms with Gasteiger partial charge in [-0.15, -0.1) is 11.8 Å². The van der Waals surface area contributed by atoms with Gasteiger partial charge in [-0.25, -0.2) is 4.79 Å². The highest BCUT2D eigenvalue weighted by atomic mass is 32.2. The summed E-state index contributed by atoms with van der Waals surface area (Å²) in [5, 5.41) is 8.85. The van der Waals surface area contributed by atoms with E-state index in [-0.39, 0.29) is 11.3 Å². The van der Waals surface area contributed by atoms with Crippen LogP contribution in [-0.2, 0) is 4.79 Å². The van der Waals surface area contributed by atoms with Crippen molar-refractivity contribution in [3.8, 4) is 0 Å². The van der Waals surface area contributed by atoms with E-state index in [9.17, 15) is 9.59 Å². The van der Waals surface area contributed by atoms with Crippen LogP contribution in [0.3, 0.4) is 0 Å². The lowest BCUT2D eigenvalue weighted by Gasteiger charge is -2.05. The molecule has 0 radical (unpaired) electrons. The molecule has 0 fully saturated rings. The fourth-order valence-corrected chi connectivity index (χ4v) is 2.31. The summed E-state index contributed by atoms with van der Waals surface area (Å²) >= 11 is 1.52. The lowest BCUT2D eigenvalue weighted by atomic mass is 10.1. The molecule has 0 heterocycles. The van der Waals surface area contributed by atoms with Crippen LogP contribution < -0.4 is 0 Å². The Labute approximate surface area is 98.9 Å². The van der Waals surface area contributed by atoms with Crippen LogP contribution in [0.2, 0.25) is 0 Å². The minimum atomic E-state index is -0.923. The number of Topliss-reactive ketones (excluding diaryl/α,β-unsaturated/α-hetero) is 1. The molecule has 3 nitrogen and oxygen atoms in total. The normalized spacial score (nSPS) is 10.1. The van der Waals surface area contributed by atoms with E-state index in [1.165, 1.54) is 11.8 Å². The first-order valence-electron chi connectivity index (χ1n) is 4.97. The summed E-state index contributed by atoms with van der Waals surface area (Å²) in [7, 11) is 0. The average molecular weight is 238 g/mol. The molecule has 0 bridgehead atoms. The second kappa shape index (κ2) is 5.70. The van der Waals surface area contributed by atoms with Gasteiger partial charge in [0, 0.05) is 17.1 Å². The molecule has 0 atom stereocenters. The van der Waals surface area contributed by atoms with Gasteiger partial charge in [-0.2, -0.15) is 0 Å². The van der Waals surface area contributed by atoms with Gasteiger partial charge in [0.25, 0.3) is 0 Å². The van der Waals surface area contributed by atoms with Gasteiger partial charge in [0.05, 0.1) is 5.56 Å². The summed E-state index contributed by atoms with van der Waals surface area (Å²) in [4.78, 5) is 22.5. The Balaban J connectivity index is 2.74. The minimum absolute atomic E-state index is 0.152. The molecule has 0 spiro atoms. The largest absolute Gasteiger partial charge is 0.478 e. The van der Waals surface area contributed by atoms with Crippen molar-refractivity contribution < 1.29 is 14.7 Å². The number of carbonyl (C=O) groups is 2. The van der Waals surface area contributed by atoms with Gasteiger partial charge >= 0.3 is 5.97 Å². The number of rotatable bonds is 5. The number of thioether (sulfide) groups is 1. The SMILES string of the molecule is CC(=O)CCSc1cc(C(=O)O)ccc1C. The highest BCUT2D eigenvalue weighted by Gasteiger charge is 2.06. The fraction of sp³-hybridized carbons (Fsp3) is 0.333. The van der Waals surface area contributed by atoms with Gasteiger partial charge in [0.1, 0.15) is 5.78 Å². The van der Waals surface area contributed by atoms with E-state index in [1.54, 1.807) is 25.1 Å². The monoisotopic (exact) mass is 238 g/mol. The summed E-state index contributed by atoms with van der Waals surface area (Å²) in [6.45, 7) is 3.49. The molecule has 0 aliphatic carbocycles. The van der Waals surface area contributed by atoms with Crippen LogP contribution in [0.4, 0.5) is 0 Å². The molecule has 0 saturated carbocycles. The molecule has 1 rings (SSSR count). The second-order valence-corrected chi connectivity index (χ2v) is 4.72. The highest BCUT2D eigenvalue weighted by molar-refractivity contribution is 7.99. The summed E-state index contributed by atoms with van der Waals surface area (Å²) < 4.78 is 0. The van der Waals surface area contributed by atoms with Crippen LogP contribution in [0.25, 0.3) is 0 Å². The zero-order valence-electron chi connectivity index (χ0n) is 9.32. The Bertz CT molecular complexity index is 413. The number of hydrogen-bond donors (Lipinski definition) is 1. The predicted molar refractivity (Wildman–Crippen MR) is 64.2 cm³/mol. The number of aromatic carboxylic acids is 1. The van der Waals surface area contributed by atoms with Crippen molar-refractivity contribution in [1.82, 2.24) is 0 Å². The molecular formula is C12H14O3S. The maximum atomic E-state index is 10.8. The van der Waals surface area contributed by atoms with E-state index in [2.05, 4.69) is 0 Å². The molecule has 0 unspecified atom stereocenters. The Hall–Kier alpha value is -1.29. The summed E-state index contributed by atoms with van der Waals surface area (Å²) in [6, 6.07) is 5.04. The number of benzene rings is 1. The topological polar surface area (TPSA) is 54.4 Å². The lowest BCUT2D eigenvalue weighted by Crippen LogP contribution is -1.97. The zero-order chi connectivity index (χ0) is 12.1. The van der Waals surface area contributed by atoms with Crippen molar-refractivity contribution in [2.24, 2.45) is 0 Å². The van der Waals surface area contributed by atoms with Gasteiger partial charge in [-0.1, -0.05) is 6.07 Å². The van der Waals surface area contributed by atoms with E-state index in [0.29, 0.717) is 12.2 Å². The van der Waals surface area contributed by atoms with Crippen molar-refractivity contribution in [1.29, 1.82) is 0 Å². The van der Waals surface area contributed by atoms with Crippen LogP contribution in [0.15, 0.2) is 23.1 Å². The first-order valence-corrected chi connectivity index (χ1v) is 5.95. The summed E-state index contributed by atoms with van der Waals surface area (Å²) in [6.07, 6.45) is 0.515. The number of ketones is 1. The van der Waals surface area contributed by atoms with Crippen LogP contribution in [0.1, 0.15) is 29.3 Å². The first-order chi connectivity index (χ1) is 7.50. The molecule has 0 aliphatic rings. The lowest BCUT2D eigenvalue weighted by molar-refractivity contribution is -0.116. The number of carboxylic acid groups (broad SMARTS) is 1. The van der Waals surface area contributed by atoms with E-state index >= 15 is 0 Å². The summed E-state index contributed by atoms with van der Waals surface area (Å²) in [5.74, 6) is -0.0767. The molecule has 1 N–H and O–H groups in total. The van der Waals surface area contributed by atoms with Gasteiger partial charge in [-0.3, -0.25) is 4.79 Å². The molecule has 1 aromatic carbocycles. The Kier molecular flexibility index (Phi) is 4.55. The van der Waals surface area contributed by atoms with E-state index < -0.39 is 5.97 Å². The van der Waals surface area contributed by atoms with E-state index in [4.69, 9.17) is 5.11 Å². The second-order valence-electron chi connectivity index (χ2n) is 3.59. The predicted octanol–water partition coefficient (Wildman–Crippen LogP) is 2.76. The number of aryl methyl sites for hydroxylation is 1. The van der Waals surface area contributed by atoms with Crippen molar-refractivity contribution in [2.45, 2.75) is 25.2 Å². The third-order valence-corrected chi connectivity index (χ3v) is 3.31. The molecular weight excluding hydrogens is 224 g/mol. The molecule has 0 amide bonds. The van der Waals surface area contributed by atoms with Crippen molar-refractivity contribution in [3.63, 3.8) is 0 Å². The standard InChI is InChI=1S/C12H14O3S/c1-8-3-4-10(12(14)15)7-11(8)16-6-5-9(2)13/h3-4,7H,5-6H2,1-2H3,(H,14,15). The average Bonchev–Trinajstić information content (AvgIpc) is 2.20. The number of hydrogen-bond acceptors (Lipinski definition) is 3. The molecule has 1 aromatic rings. The van der Waals surface area contributed by atoms with Gasteiger partial charge < -0.3 is 5.11 Å². The van der Waals surface area contributed by atoms with Crippen LogP contribution >= 0.6 is 11.8 Å². The maximum Gasteiger partial charge on any atom is 0.335 e. The fourth-order valence-electron chi connectivity index (χ4n) is 1.19. The molecule has 16 heavy (non-hydrogen) atoms. The van der Waals surface area contributed by atoms with E-state index in [1.807, 2.05) is 6.92 Å². The molecule has 86 valence electrons. The Morgan fingerprint density at radius 3 is 2.62 bits per heavy atom. The number of carbonyl (C=O) groups excluding carboxylic acids is 1. The van der Waals surface area contributed by atoms with Gasteiger partial charge in [0.15, 0.2) is 0 Å². The van der Waals surface area contributed by atoms with Crippen LogP contribution in [0, 0.1) is 6.92 Å². The smallest absolute Gasteiger partial charge is 0.335 e. The van der Waals surface area contributed by atoms with Gasteiger partial charge in [0.2, 0.25) is 0 Å². The molecule has 0 aromatic heterocycles. The van der Waals surface area contributed by atoms with Crippen LogP contribution in [-0.4, -0.2) is 22.6 Å².